The second kappa shape index (κ2) is 10.0. The van der Waals surface area contributed by atoms with Gasteiger partial charge in [0.25, 0.3) is 0 Å². The normalized spacial score (nSPS) is 13.2. The van der Waals surface area contributed by atoms with Gasteiger partial charge in [-0.15, -0.1) is 24.0 Å². The molecule has 0 bridgehead atoms. The van der Waals surface area contributed by atoms with Crippen LogP contribution in [-0.4, -0.2) is 45.1 Å². The van der Waals surface area contributed by atoms with Gasteiger partial charge in [0.05, 0.1) is 12.3 Å². The van der Waals surface area contributed by atoms with Gasteiger partial charge in [-0.05, 0) is 32.1 Å². The van der Waals surface area contributed by atoms with Gasteiger partial charge in [0.15, 0.2) is 5.96 Å². The third kappa shape index (κ3) is 6.60. The monoisotopic (exact) mass is 394 g/mol. The Kier molecular flexibility index (Phi) is 9.66. The minimum absolute atomic E-state index is 0. The van der Waals surface area contributed by atoms with Gasteiger partial charge in [-0.3, -0.25) is 9.89 Å². The van der Waals surface area contributed by atoms with Crippen LogP contribution in [0.4, 0.5) is 0 Å². The first-order chi connectivity index (χ1) is 9.04. The van der Waals surface area contributed by atoms with E-state index in [1.54, 1.807) is 13.3 Å². The fourth-order valence-corrected chi connectivity index (χ4v) is 1.73. The van der Waals surface area contributed by atoms with Crippen molar-refractivity contribution in [3.63, 3.8) is 0 Å². The molecule has 1 aromatic heterocycles. The summed E-state index contributed by atoms with van der Waals surface area (Å²) in [5.74, 6) is 2.37. The number of aliphatic imine (C=N–C) groups is 1. The molecule has 1 aromatic rings. The zero-order chi connectivity index (χ0) is 14.3. The minimum atomic E-state index is 0. The lowest BCUT2D eigenvalue weighted by Gasteiger charge is -2.24. The molecule has 0 saturated carbocycles. The van der Waals surface area contributed by atoms with E-state index in [0.717, 1.165) is 24.8 Å². The smallest absolute Gasteiger partial charge is 0.191 e. The zero-order valence-corrected chi connectivity index (χ0v) is 15.3. The fraction of sp³-hybridized carbons (Fsp3) is 0.643. The Hall–Kier alpha value is -0.760. The molecule has 0 aliphatic rings. The van der Waals surface area contributed by atoms with E-state index in [1.165, 1.54) is 0 Å². The van der Waals surface area contributed by atoms with Crippen molar-refractivity contribution in [2.45, 2.75) is 19.9 Å². The lowest BCUT2D eigenvalue weighted by molar-refractivity contribution is 0.258. The second-order valence-electron chi connectivity index (χ2n) is 5.22. The van der Waals surface area contributed by atoms with Gasteiger partial charge in [0, 0.05) is 20.1 Å². The fourth-order valence-electron chi connectivity index (χ4n) is 1.73. The summed E-state index contributed by atoms with van der Waals surface area (Å²) in [6, 6.07) is 4.10. The molecule has 1 rings (SSSR count). The second-order valence-corrected chi connectivity index (χ2v) is 5.22. The highest BCUT2D eigenvalue weighted by Gasteiger charge is 2.17. The molecule has 1 heterocycles. The average Bonchev–Trinajstić information content (AvgIpc) is 2.86. The molecule has 0 amide bonds. The third-order valence-corrected chi connectivity index (χ3v) is 2.86. The van der Waals surface area contributed by atoms with Gasteiger partial charge in [0.2, 0.25) is 0 Å². The molecular weight excluding hydrogens is 367 g/mol. The van der Waals surface area contributed by atoms with Crippen molar-refractivity contribution in [1.29, 1.82) is 0 Å². The van der Waals surface area contributed by atoms with Crippen molar-refractivity contribution < 1.29 is 4.42 Å². The molecule has 0 aliphatic carbocycles. The Morgan fingerprint density at radius 1 is 1.30 bits per heavy atom. The van der Waals surface area contributed by atoms with Gasteiger partial charge in [-0.1, -0.05) is 13.8 Å². The van der Waals surface area contributed by atoms with E-state index in [-0.39, 0.29) is 30.0 Å². The Balaban J connectivity index is 0.00000361. The van der Waals surface area contributed by atoms with Gasteiger partial charge < -0.3 is 15.1 Å². The van der Waals surface area contributed by atoms with Gasteiger partial charge in [0.1, 0.15) is 5.76 Å². The Morgan fingerprint density at radius 2 is 1.95 bits per heavy atom. The van der Waals surface area contributed by atoms with E-state index in [9.17, 15) is 0 Å². The number of rotatable bonds is 6. The van der Waals surface area contributed by atoms with Crippen LogP contribution in [0.25, 0.3) is 0 Å². The maximum Gasteiger partial charge on any atom is 0.191 e. The molecular formula is C14H27IN4O. The lowest BCUT2D eigenvalue weighted by atomic mass is 10.2. The first kappa shape index (κ1) is 19.2. The van der Waals surface area contributed by atoms with E-state index >= 15 is 0 Å². The van der Waals surface area contributed by atoms with Crippen LogP contribution in [0.3, 0.4) is 0 Å². The summed E-state index contributed by atoms with van der Waals surface area (Å²) < 4.78 is 5.48. The van der Waals surface area contributed by atoms with E-state index in [4.69, 9.17) is 4.42 Å². The van der Waals surface area contributed by atoms with Gasteiger partial charge in [-0.2, -0.15) is 0 Å². The molecule has 0 saturated heterocycles. The predicted molar refractivity (Wildman–Crippen MR) is 94.8 cm³/mol. The summed E-state index contributed by atoms with van der Waals surface area (Å²) in [6.45, 7) is 6.00. The summed E-state index contributed by atoms with van der Waals surface area (Å²) in [5.41, 5.74) is 0. The van der Waals surface area contributed by atoms with Crippen LogP contribution >= 0.6 is 24.0 Å². The highest BCUT2D eigenvalue weighted by Crippen LogP contribution is 2.17. The van der Waals surface area contributed by atoms with Crippen molar-refractivity contribution in [3.8, 4) is 0 Å². The topological polar surface area (TPSA) is 52.8 Å². The number of hydrogen-bond acceptors (Lipinski definition) is 3. The summed E-state index contributed by atoms with van der Waals surface area (Å²) >= 11 is 0. The Labute approximate surface area is 139 Å². The number of guanidine groups is 1. The maximum atomic E-state index is 5.48. The van der Waals surface area contributed by atoms with E-state index in [1.807, 2.05) is 26.2 Å². The van der Waals surface area contributed by atoms with Crippen LogP contribution in [0.5, 0.6) is 0 Å². The summed E-state index contributed by atoms with van der Waals surface area (Å²) in [5, 5.41) is 6.63. The van der Waals surface area contributed by atoms with Crippen molar-refractivity contribution in [2.24, 2.45) is 10.9 Å². The quantitative estimate of drug-likeness (QED) is 0.442. The van der Waals surface area contributed by atoms with Crippen LogP contribution in [0, 0.1) is 5.92 Å². The third-order valence-electron chi connectivity index (χ3n) is 2.86. The number of hydrogen-bond donors (Lipinski definition) is 2. The summed E-state index contributed by atoms with van der Waals surface area (Å²) in [6.07, 6.45) is 1.71. The van der Waals surface area contributed by atoms with E-state index in [2.05, 4.69) is 34.4 Å². The average molecular weight is 394 g/mol. The minimum Gasteiger partial charge on any atom is -0.468 e. The highest BCUT2D eigenvalue weighted by molar-refractivity contribution is 14.0. The first-order valence-corrected chi connectivity index (χ1v) is 6.69. The largest absolute Gasteiger partial charge is 0.468 e. The summed E-state index contributed by atoms with van der Waals surface area (Å²) in [4.78, 5) is 6.34. The van der Waals surface area contributed by atoms with Crippen molar-refractivity contribution >= 4 is 29.9 Å². The molecule has 20 heavy (non-hydrogen) atoms. The molecule has 2 N–H and O–H groups in total. The molecule has 116 valence electrons. The van der Waals surface area contributed by atoms with Crippen LogP contribution in [0.2, 0.25) is 0 Å². The number of halogens is 1. The van der Waals surface area contributed by atoms with Crippen LogP contribution < -0.4 is 10.6 Å². The Morgan fingerprint density at radius 3 is 2.40 bits per heavy atom. The molecule has 0 radical (unpaired) electrons. The highest BCUT2D eigenvalue weighted by atomic mass is 127. The van der Waals surface area contributed by atoms with Crippen molar-refractivity contribution in [2.75, 3.05) is 34.2 Å². The van der Waals surface area contributed by atoms with Crippen LogP contribution in [0.15, 0.2) is 27.8 Å². The predicted octanol–water partition coefficient (Wildman–Crippen LogP) is 2.32. The number of nitrogens with one attached hydrogen (secondary N) is 2. The lowest BCUT2D eigenvalue weighted by Crippen LogP contribution is -2.42. The first-order valence-electron chi connectivity index (χ1n) is 6.69. The SMILES string of the molecule is CN=C(NCC(C)C)NCC(c1ccco1)N(C)C.I. The number of furan rings is 1. The standard InChI is InChI=1S/C14H26N4O.HI/c1-11(2)9-16-14(15-3)17-10-12(18(4)5)13-7-6-8-19-13;/h6-8,11-12H,9-10H2,1-5H3,(H2,15,16,17);1H. The van der Waals surface area contributed by atoms with E-state index < -0.39 is 0 Å². The van der Waals surface area contributed by atoms with Crippen LogP contribution in [-0.2, 0) is 0 Å². The molecule has 0 aromatic carbocycles. The molecule has 0 fully saturated rings. The molecule has 1 unspecified atom stereocenters. The molecule has 0 spiro atoms. The summed E-state index contributed by atoms with van der Waals surface area (Å²) in [7, 11) is 5.87. The Bertz CT molecular complexity index is 377. The molecule has 1 atom stereocenters. The van der Waals surface area contributed by atoms with Crippen molar-refractivity contribution in [3.05, 3.63) is 24.2 Å². The van der Waals surface area contributed by atoms with Gasteiger partial charge in [-0.25, -0.2) is 0 Å². The molecule has 5 nitrogen and oxygen atoms in total. The van der Waals surface area contributed by atoms with Gasteiger partial charge >= 0.3 is 0 Å². The number of likely N-dealkylation sites (N-methyl/N-ethyl adjacent to an activating group) is 1. The number of nitrogens with zero attached hydrogens (tertiary/aromatic N) is 2. The molecule has 0 aliphatic heterocycles. The van der Waals surface area contributed by atoms with Crippen LogP contribution in [0.1, 0.15) is 25.6 Å². The van der Waals surface area contributed by atoms with E-state index in [0.29, 0.717) is 5.92 Å². The van der Waals surface area contributed by atoms with Crippen molar-refractivity contribution in [1.82, 2.24) is 15.5 Å². The molecule has 6 heteroatoms. The maximum absolute atomic E-state index is 5.48. The zero-order valence-electron chi connectivity index (χ0n) is 13.0.